The number of fused-ring (bicyclic) bond motifs is 1. The molecule has 0 atom stereocenters. The highest BCUT2D eigenvalue weighted by Gasteiger charge is 2.28. The van der Waals surface area contributed by atoms with E-state index in [1.54, 1.807) is 54.5 Å². The Hall–Kier alpha value is -3.05. The van der Waals surface area contributed by atoms with Gasteiger partial charge in [-0.25, -0.2) is 10.6 Å². The molecule has 2 aromatic rings. The molecule has 0 spiro atoms. The molecule has 0 bridgehead atoms. The number of anilines is 1. The van der Waals surface area contributed by atoms with Crippen LogP contribution in [-0.2, 0) is 4.79 Å². The number of hydrogen-bond acceptors (Lipinski definition) is 6. The average Bonchev–Trinajstić information content (AvgIpc) is 2.60. The molecule has 0 aromatic heterocycles. The fourth-order valence-corrected chi connectivity index (χ4v) is 2.57. The summed E-state index contributed by atoms with van der Waals surface area (Å²) in [7, 11) is 0. The fourth-order valence-electron chi connectivity index (χ4n) is 2.44. The minimum absolute atomic E-state index is 0.0319. The molecular formula is C17H13ClN4O2. The Kier molecular flexibility index (Phi) is 4.10. The Morgan fingerprint density at radius 2 is 1.79 bits per heavy atom. The zero-order valence-corrected chi connectivity index (χ0v) is 13.2. The zero-order chi connectivity index (χ0) is 17.3. The van der Waals surface area contributed by atoms with Crippen LogP contribution < -0.4 is 16.9 Å². The molecule has 3 rings (SSSR count). The highest BCUT2D eigenvalue weighted by atomic mass is 35.5. The van der Waals surface area contributed by atoms with E-state index in [0.29, 0.717) is 21.8 Å². The van der Waals surface area contributed by atoms with E-state index in [1.165, 1.54) is 0 Å². The molecule has 1 aliphatic rings. The normalized spacial score (nSPS) is 15.2. The minimum Gasteiger partial charge on any atom is -0.394 e. The third-order valence-corrected chi connectivity index (χ3v) is 3.87. The number of benzene rings is 2. The van der Waals surface area contributed by atoms with E-state index in [0.717, 1.165) is 5.01 Å². The smallest absolute Gasteiger partial charge is 0.212 e. The third kappa shape index (κ3) is 2.66. The molecule has 0 unspecified atom stereocenters. The van der Waals surface area contributed by atoms with Crippen molar-refractivity contribution in [2.75, 3.05) is 5.32 Å². The molecule has 0 saturated carbocycles. The van der Waals surface area contributed by atoms with E-state index < -0.39 is 5.78 Å². The van der Waals surface area contributed by atoms with Gasteiger partial charge in [0, 0.05) is 21.8 Å². The number of nitrogens with one attached hydrogen (secondary N) is 1. The van der Waals surface area contributed by atoms with Gasteiger partial charge in [-0.1, -0.05) is 29.8 Å². The van der Waals surface area contributed by atoms with Crippen molar-refractivity contribution >= 4 is 34.7 Å². The molecule has 7 heteroatoms. The molecule has 0 aliphatic carbocycles. The van der Waals surface area contributed by atoms with Crippen molar-refractivity contribution in [3.63, 3.8) is 0 Å². The predicted octanol–water partition coefficient (Wildman–Crippen LogP) is 2.12. The van der Waals surface area contributed by atoms with Gasteiger partial charge >= 0.3 is 0 Å². The lowest BCUT2D eigenvalue weighted by Gasteiger charge is -2.31. The van der Waals surface area contributed by atoms with Crippen molar-refractivity contribution < 1.29 is 9.59 Å². The van der Waals surface area contributed by atoms with Crippen LogP contribution >= 0.6 is 11.6 Å². The quantitative estimate of drug-likeness (QED) is 0.335. The number of carbonyl (C=O) groups is 1. The first kappa shape index (κ1) is 15.8. The summed E-state index contributed by atoms with van der Waals surface area (Å²) in [5.41, 5.74) is 7.83. The number of hydrazine groups is 1. The molecule has 24 heavy (non-hydrogen) atoms. The average molecular weight is 341 g/mol. The molecule has 1 heterocycles. The van der Waals surface area contributed by atoms with E-state index in [2.05, 4.69) is 5.32 Å². The number of carbonyl (C=O) groups excluding carboxylic acids is 2. The fraction of sp³-hybridized carbons (Fsp3) is 0. The maximum atomic E-state index is 12.7. The Balaban J connectivity index is 2.17. The van der Waals surface area contributed by atoms with Crippen molar-refractivity contribution in [2.24, 2.45) is 11.6 Å². The van der Waals surface area contributed by atoms with Gasteiger partial charge in [0.2, 0.25) is 11.6 Å². The van der Waals surface area contributed by atoms with Gasteiger partial charge < -0.3 is 11.1 Å². The van der Waals surface area contributed by atoms with Crippen molar-refractivity contribution in [2.45, 2.75) is 0 Å². The summed E-state index contributed by atoms with van der Waals surface area (Å²) in [5, 5.41) is 4.38. The summed E-state index contributed by atoms with van der Waals surface area (Å²) in [4.78, 5) is 23.8. The van der Waals surface area contributed by atoms with Crippen LogP contribution in [0, 0.1) is 0 Å². The van der Waals surface area contributed by atoms with Gasteiger partial charge in [-0.3, -0.25) is 9.80 Å². The molecule has 0 fully saturated rings. The molecule has 5 N–H and O–H groups in total. The van der Waals surface area contributed by atoms with E-state index in [4.69, 9.17) is 23.2 Å². The Labute approximate surface area is 143 Å². The SMILES string of the molecule is N/C(C(=O)c1ccc(Cl)cc1)=C1/c2ccccc2NC(=C=O)N1N. The van der Waals surface area contributed by atoms with Crippen molar-refractivity contribution in [3.05, 3.63) is 76.2 Å². The molecule has 0 radical (unpaired) electrons. The first-order valence-corrected chi connectivity index (χ1v) is 7.37. The van der Waals surface area contributed by atoms with Crippen molar-refractivity contribution in [1.82, 2.24) is 5.01 Å². The van der Waals surface area contributed by atoms with Gasteiger partial charge in [0.15, 0.2) is 5.94 Å². The molecular weight excluding hydrogens is 328 g/mol. The van der Waals surface area contributed by atoms with Gasteiger partial charge in [-0.05, 0) is 30.3 Å². The molecule has 6 nitrogen and oxygen atoms in total. The lowest BCUT2D eigenvalue weighted by Crippen LogP contribution is -2.38. The molecule has 0 amide bonds. The summed E-state index contributed by atoms with van der Waals surface area (Å²) in [5.74, 6) is 7.20. The largest absolute Gasteiger partial charge is 0.394 e. The highest BCUT2D eigenvalue weighted by Crippen LogP contribution is 2.34. The number of ketones is 1. The lowest BCUT2D eigenvalue weighted by atomic mass is 10.0. The van der Waals surface area contributed by atoms with Gasteiger partial charge in [0.25, 0.3) is 0 Å². The van der Waals surface area contributed by atoms with Crippen LogP contribution in [0.3, 0.4) is 0 Å². The summed E-state index contributed by atoms with van der Waals surface area (Å²) >= 11 is 5.84. The number of allylic oxidation sites excluding steroid dienone is 1. The van der Waals surface area contributed by atoms with Crippen molar-refractivity contribution in [3.8, 4) is 0 Å². The van der Waals surface area contributed by atoms with Crippen LogP contribution in [0.25, 0.3) is 5.70 Å². The standard InChI is InChI=1S/C17H13ClN4O2/c18-11-7-5-10(6-8-11)17(24)15(19)16-12-3-1-2-4-13(12)21-14(9-23)22(16)20/h1-8,21H,19-20H2/b16-15-. The second kappa shape index (κ2) is 6.22. The van der Waals surface area contributed by atoms with Crippen LogP contribution in [0.1, 0.15) is 15.9 Å². The number of para-hydroxylation sites is 1. The van der Waals surface area contributed by atoms with Gasteiger partial charge in [-0.15, -0.1) is 0 Å². The third-order valence-electron chi connectivity index (χ3n) is 3.62. The monoisotopic (exact) mass is 340 g/mol. The number of Topliss-reactive ketones (excluding diaryl/α,β-unsaturated/α-hetero) is 1. The molecule has 0 saturated heterocycles. The van der Waals surface area contributed by atoms with Crippen molar-refractivity contribution in [1.29, 1.82) is 0 Å². The van der Waals surface area contributed by atoms with Crippen LogP contribution in [-0.4, -0.2) is 16.7 Å². The second-order valence-corrected chi connectivity index (χ2v) is 5.53. The summed E-state index contributed by atoms with van der Waals surface area (Å²) in [6.07, 6.45) is 0. The van der Waals surface area contributed by atoms with Gasteiger partial charge in [0.05, 0.1) is 5.70 Å². The van der Waals surface area contributed by atoms with E-state index in [1.807, 2.05) is 0 Å². The first-order chi connectivity index (χ1) is 11.5. The number of rotatable bonds is 2. The van der Waals surface area contributed by atoms with Gasteiger partial charge in [-0.2, -0.15) is 0 Å². The summed E-state index contributed by atoms with van der Waals surface area (Å²) in [6, 6.07) is 13.4. The number of halogens is 1. The van der Waals surface area contributed by atoms with Crippen LogP contribution in [0.2, 0.25) is 5.02 Å². The van der Waals surface area contributed by atoms with Crippen LogP contribution in [0.15, 0.2) is 60.0 Å². The maximum Gasteiger partial charge on any atom is 0.212 e. The Morgan fingerprint density at radius 1 is 1.12 bits per heavy atom. The Morgan fingerprint density at radius 3 is 2.46 bits per heavy atom. The Bertz CT molecular complexity index is 899. The zero-order valence-electron chi connectivity index (χ0n) is 12.4. The van der Waals surface area contributed by atoms with Crippen LogP contribution in [0.5, 0.6) is 0 Å². The van der Waals surface area contributed by atoms with Gasteiger partial charge in [0.1, 0.15) is 5.70 Å². The second-order valence-electron chi connectivity index (χ2n) is 5.09. The van der Waals surface area contributed by atoms with E-state index in [-0.39, 0.29) is 17.2 Å². The van der Waals surface area contributed by atoms with Crippen LogP contribution in [0.4, 0.5) is 5.69 Å². The highest BCUT2D eigenvalue weighted by molar-refractivity contribution is 6.30. The maximum absolute atomic E-state index is 12.7. The summed E-state index contributed by atoms with van der Waals surface area (Å²) < 4.78 is 0. The predicted molar refractivity (Wildman–Crippen MR) is 92.2 cm³/mol. The lowest BCUT2D eigenvalue weighted by molar-refractivity contribution is 0.103. The number of nitrogens with two attached hydrogens (primary N) is 2. The minimum atomic E-state index is -0.418. The number of nitrogens with zero attached hydrogens (tertiary/aromatic N) is 1. The molecule has 1 aliphatic heterocycles. The molecule has 120 valence electrons. The van der Waals surface area contributed by atoms with E-state index >= 15 is 0 Å². The molecule has 2 aromatic carbocycles. The number of hydrogen-bond donors (Lipinski definition) is 3. The first-order valence-electron chi connectivity index (χ1n) is 6.99. The topological polar surface area (TPSA) is 101 Å². The van der Waals surface area contributed by atoms with E-state index in [9.17, 15) is 9.59 Å². The summed E-state index contributed by atoms with van der Waals surface area (Å²) in [6.45, 7) is 0.